The fraction of sp³-hybridized carbons (Fsp3) is 0.650. The standard InChI is InChI=1S/C20H30N6O/c1-3-24-10-12-25(13-11-24)19(17-8-6-16(2)7-9-17)20-21-22-23-26(20)15-18-5-4-14-27-18/h6-9,18-19H,3-5,10-15H2,1-2H3/t18-,19+/m1/s1. The van der Waals surface area contributed by atoms with E-state index < -0.39 is 0 Å². The van der Waals surface area contributed by atoms with E-state index in [0.29, 0.717) is 0 Å². The molecule has 2 fully saturated rings. The van der Waals surface area contributed by atoms with E-state index >= 15 is 0 Å². The summed E-state index contributed by atoms with van der Waals surface area (Å²) in [6.45, 7) is 11.3. The highest BCUT2D eigenvalue weighted by atomic mass is 16.5. The maximum absolute atomic E-state index is 5.82. The molecule has 0 aliphatic carbocycles. The molecule has 0 spiro atoms. The largest absolute Gasteiger partial charge is 0.376 e. The predicted octanol–water partition coefficient (Wildman–Crippen LogP) is 1.89. The van der Waals surface area contributed by atoms with Gasteiger partial charge in [-0.2, -0.15) is 0 Å². The van der Waals surface area contributed by atoms with Crippen LogP contribution in [0.15, 0.2) is 24.3 Å². The molecule has 0 N–H and O–H groups in total. The summed E-state index contributed by atoms with van der Waals surface area (Å²) in [5.74, 6) is 0.930. The number of benzene rings is 1. The molecule has 7 heteroatoms. The molecule has 27 heavy (non-hydrogen) atoms. The van der Waals surface area contributed by atoms with E-state index in [1.165, 1.54) is 11.1 Å². The van der Waals surface area contributed by atoms with Crippen LogP contribution in [-0.4, -0.2) is 75.4 Å². The zero-order valence-electron chi connectivity index (χ0n) is 16.4. The Bertz CT molecular complexity index is 716. The van der Waals surface area contributed by atoms with Crippen LogP contribution in [0.5, 0.6) is 0 Å². The summed E-state index contributed by atoms with van der Waals surface area (Å²) in [4.78, 5) is 5.02. The van der Waals surface area contributed by atoms with Crippen LogP contribution in [-0.2, 0) is 11.3 Å². The summed E-state index contributed by atoms with van der Waals surface area (Å²) in [5.41, 5.74) is 2.53. The van der Waals surface area contributed by atoms with Crippen molar-refractivity contribution in [3.8, 4) is 0 Å². The highest BCUT2D eigenvalue weighted by Crippen LogP contribution is 2.29. The van der Waals surface area contributed by atoms with Crippen LogP contribution in [0.4, 0.5) is 0 Å². The van der Waals surface area contributed by atoms with Gasteiger partial charge in [-0.3, -0.25) is 4.90 Å². The number of hydrogen-bond acceptors (Lipinski definition) is 6. The molecule has 2 saturated heterocycles. The Morgan fingerprint density at radius 1 is 1.15 bits per heavy atom. The number of likely N-dealkylation sites (N-methyl/N-ethyl adjacent to an activating group) is 1. The van der Waals surface area contributed by atoms with Crippen molar-refractivity contribution in [2.45, 2.75) is 45.4 Å². The van der Waals surface area contributed by atoms with Crippen molar-refractivity contribution < 1.29 is 4.74 Å². The third kappa shape index (κ3) is 4.20. The minimum Gasteiger partial charge on any atom is -0.376 e. The second-order valence-electron chi connectivity index (χ2n) is 7.64. The van der Waals surface area contributed by atoms with Gasteiger partial charge in [0.1, 0.15) is 0 Å². The van der Waals surface area contributed by atoms with Crippen LogP contribution in [0.3, 0.4) is 0 Å². The number of aromatic nitrogens is 4. The predicted molar refractivity (Wildman–Crippen MR) is 104 cm³/mol. The highest BCUT2D eigenvalue weighted by Gasteiger charge is 2.31. The second-order valence-corrected chi connectivity index (χ2v) is 7.64. The van der Waals surface area contributed by atoms with Crippen molar-refractivity contribution >= 4 is 0 Å². The van der Waals surface area contributed by atoms with E-state index in [9.17, 15) is 0 Å². The lowest BCUT2D eigenvalue weighted by Crippen LogP contribution is -2.48. The number of piperazine rings is 1. The lowest BCUT2D eigenvalue weighted by atomic mass is 10.0. The van der Waals surface area contributed by atoms with Crippen molar-refractivity contribution in [2.75, 3.05) is 39.3 Å². The first kappa shape index (κ1) is 18.5. The lowest BCUT2D eigenvalue weighted by molar-refractivity contribution is 0.0861. The number of ether oxygens (including phenoxy) is 1. The van der Waals surface area contributed by atoms with E-state index in [2.05, 4.69) is 63.4 Å². The fourth-order valence-electron chi connectivity index (χ4n) is 4.13. The molecule has 2 aliphatic heterocycles. The molecular weight excluding hydrogens is 340 g/mol. The zero-order chi connectivity index (χ0) is 18.6. The quantitative estimate of drug-likeness (QED) is 0.774. The summed E-state index contributed by atoms with van der Waals surface area (Å²) in [5, 5.41) is 12.8. The molecule has 1 aromatic carbocycles. The highest BCUT2D eigenvalue weighted by molar-refractivity contribution is 5.28. The van der Waals surface area contributed by atoms with Crippen molar-refractivity contribution in [1.82, 2.24) is 30.0 Å². The van der Waals surface area contributed by atoms with Gasteiger partial charge < -0.3 is 9.64 Å². The van der Waals surface area contributed by atoms with Crippen molar-refractivity contribution in [3.05, 3.63) is 41.2 Å². The molecule has 3 heterocycles. The first-order valence-electron chi connectivity index (χ1n) is 10.1. The number of nitrogens with zero attached hydrogens (tertiary/aromatic N) is 6. The van der Waals surface area contributed by atoms with Crippen molar-refractivity contribution in [2.24, 2.45) is 0 Å². The molecule has 1 aromatic heterocycles. The minimum atomic E-state index is 0.0843. The third-order valence-corrected chi connectivity index (χ3v) is 5.82. The second kappa shape index (κ2) is 8.46. The summed E-state index contributed by atoms with van der Waals surface area (Å²) in [6.07, 6.45) is 2.44. The van der Waals surface area contributed by atoms with Gasteiger partial charge >= 0.3 is 0 Å². The van der Waals surface area contributed by atoms with Crippen molar-refractivity contribution in [3.63, 3.8) is 0 Å². The zero-order valence-corrected chi connectivity index (χ0v) is 16.4. The van der Waals surface area contributed by atoms with Gasteiger partial charge in [0.25, 0.3) is 0 Å². The SMILES string of the molecule is CCN1CCN([C@@H](c2ccc(C)cc2)c2nnnn2C[C@H]2CCCO2)CC1. The molecule has 2 atom stereocenters. The van der Waals surface area contributed by atoms with Gasteiger partial charge in [0.2, 0.25) is 0 Å². The van der Waals surface area contributed by atoms with Crippen LogP contribution in [0.1, 0.15) is 42.8 Å². The van der Waals surface area contributed by atoms with E-state index in [1.54, 1.807) is 0 Å². The number of rotatable bonds is 6. The Labute approximate surface area is 161 Å². The molecule has 0 saturated carbocycles. The average molecular weight is 371 g/mol. The van der Waals surface area contributed by atoms with Crippen LogP contribution in [0.2, 0.25) is 0 Å². The molecular formula is C20H30N6O. The van der Waals surface area contributed by atoms with Gasteiger partial charge in [-0.25, -0.2) is 4.68 Å². The van der Waals surface area contributed by atoms with Gasteiger partial charge in [0.05, 0.1) is 18.7 Å². The normalized spacial score (nSPS) is 23.0. The molecule has 0 amide bonds. The summed E-state index contributed by atoms with van der Waals surface area (Å²) < 4.78 is 7.78. The Morgan fingerprint density at radius 3 is 2.59 bits per heavy atom. The molecule has 0 radical (unpaired) electrons. The number of hydrogen-bond donors (Lipinski definition) is 0. The van der Waals surface area contributed by atoms with Crippen LogP contribution >= 0.6 is 0 Å². The summed E-state index contributed by atoms with van der Waals surface area (Å²) >= 11 is 0. The monoisotopic (exact) mass is 370 g/mol. The fourth-order valence-corrected chi connectivity index (χ4v) is 4.13. The minimum absolute atomic E-state index is 0.0843. The Balaban J connectivity index is 1.62. The van der Waals surface area contributed by atoms with Crippen LogP contribution < -0.4 is 0 Å². The van der Waals surface area contributed by atoms with Gasteiger partial charge in [0.15, 0.2) is 5.82 Å². The lowest BCUT2D eigenvalue weighted by Gasteiger charge is -2.38. The Kier molecular flexibility index (Phi) is 5.80. The third-order valence-electron chi connectivity index (χ3n) is 5.82. The van der Waals surface area contributed by atoms with Gasteiger partial charge in [-0.15, -0.1) is 5.10 Å². The summed E-state index contributed by atoms with van der Waals surface area (Å²) in [7, 11) is 0. The van der Waals surface area contributed by atoms with E-state index in [-0.39, 0.29) is 12.1 Å². The van der Waals surface area contributed by atoms with Gasteiger partial charge in [-0.1, -0.05) is 36.8 Å². The molecule has 2 aromatic rings. The molecule has 146 valence electrons. The van der Waals surface area contributed by atoms with Crippen molar-refractivity contribution in [1.29, 1.82) is 0 Å². The Morgan fingerprint density at radius 2 is 1.93 bits per heavy atom. The first-order chi connectivity index (χ1) is 13.2. The van der Waals surface area contributed by atoms with E-state index in [4.69, 9.17) is 4.74 Å². The topological polar surface area (TPSA) is 59.3 Å². The summed E-state index contributed by atoms with van der Waals surface area (Å²) in [6, 6.07) is 8.88. The maximum Gasteiger partial charge on any atom is 0.173 e. The molecule has 0 bridgehead atoms. The average Bonchev–Trinajstić information content (AvgIpc) is 3.37. The molecule has 7 nitrogen and oxygen atoms in total. The van der Waals surface area contributed by atoms with E-state index in [1.807, 2.05) is 4.68 Å². The molecule has 0 unspecified atom stereocenters. The smallest absolute Gasteiger partial charge is 0.173 e. The maximum atomic E-state index is 5.82. The molecule has 2 aliphatic rings. The van der Waals surface area contributed by atoms with Crippen LogP contribution in [0, 0.1) is 6.92 Å². The molecule has 4 rings (SSSR count). The van der Waals surface area contributed by atoms with Gasteiger partial charge in [-0.05, 0) is 42.3 Å². The number of tetrazole rings is 1. The number of aryl methyl sites for hydroxylation is 1. The van der Waals surface area contributed by atoms with Crippen LogP contribution in [0.25, 0.3) is 0 Å². The first-order valence-corrected chi connectivity index (χ1v) is 10.1. The van der Waals surface area contributed by atoms with Gasteiger partial charge in [0, 0.05) is 32.8 Å². The van der Waals surface area contributed by atoms with E-state index in [0.717, 1.165) is 64.5 Å². The Hall–Kier alpha value is -1.83.